The fourth-order valence-electron chi connectivity index (χ4n) is 0.480. The molecule has 0 saturated heterocycles. The van der Waals surface area contributed by atoms with Gasteiger partial charge < -0.3 is 5.11 Å². The molecule has 0 heterocycles. The Kier molecular flexibility index (Phi) is 5.24. The van der Waals surface area contributed by atoms with Crippen LogP contribution >= 0.6 is 23.2 Å². The molecule has 0 aromatic heterocycles. The topological polar surface area (TPSA) is 72.5 Å². The second-order valence-electron chi connectivity index (χ2n) is 2.11. The smallest absolute Gasteiger partial charge is 0.339 e. The van der Waals surface area contributed by atoms with Crippen molar-refractivity contribution in [2.24, 2.45) is 5.90 Å². The van der Waals surface area contributed by atoms with Crippen molar-refractivity contribution in [3.05, 3.63) is 11.6 Å². The van der Waals surface area contributed by atoms with Gasteiger partial charge in [-0.3, -0.25) is 4.84 Å². The Balaban J connectivity index is 4.36. The van der Waals surface area contributed by atoms with E-state index < -0.39 is 16.9 Å². The number of nitrogens with two attached hydrogens (primary N) is 1. The van der Waals surface area contributed by atoms with E-state index in [0.29, 0.717) is 5.57 Å². The highest BCUT2D eigenvalue weighted by molar-refractivity contribution is 6.46. The van der Waals surface area contributed by atoms with Gasteiger partial charge in [-0.2, -0.15) is 0 Å². The van der Waals surface area contributed by atoms with Crippen LogP contribution in [0.25, 0.3) is 0 Å². The van der Waals surface area contributed by atoms with Crippen molar-refractivity contribution in [1.29, 1.82) is 0 Å². The van der Waals surface area contributed by atoms with Crippen molar-refractivity contribution < 1.29 is 14.7 Å². The van der Waals surface area contributed by atoms with Crippen LogP contribution in [-0.2, 0) is 9.63 Å². The van der Waals surface area contributed by atoms with E-state index in [1.54, 1.807) is 6.92 Å². The maximum atomic E-state index is 10.4. The van der Waals surface area contributed by atoms with Gasteiger partial charge in [-0.15, -0.1) is 23.2 Å². The van der Waals surface area contributed by atoms with Crippen LogP contribution in [0.4, 0.5) is 0 Å². The van der Waals surface area contributed by atoms with E-state index >= 15 is 0 Å². The summed E-state index contributed by atoms with van der Waals surface area (Å²) >= 11 is 10.9. The molecule has 0 aliphatic rings. The maximum Gasteiger partial charge on any atom is 0.339 e. The first kappa shape index (κ1) is 11.7. The summed E-state index contributed by atoms with van der Waals surface area (Å²) in [6, 6.07) is 0. The Morgan fingerprint density at radius 1 is 1.67 bits per heavy atom. The minimum absolute atomic E-state index is 0.483. The van der Waals surface area contributed by atoms with Gasteiger partial charge in [0.15, 0.2) is 6.10 Å². The van der Waals surface area contributed by atoms with E-state index in [-0.39, 0.29) is 0 Å². The highest BCUT2D eigenvalue weighted by atomic mass is 35.5. The summed E-state index contributed by atoms with van der Waals surface area (Å²) in [5.41, 5.74) is 0.483. The van der Waals surface area contributed by atoms with E-state index in [2.05, 4.69) is 4.84 Å². The predicted molar refractivity (Wildman–Crippen MR) is 45.9 cm³/mol. The van der Waals surface area contributed by atoms with E-state index in [0.717, 1.165) is 0 Å². The van der Waals surface area contributed by atoms with E-state index in [1.807, 2.05) is 0 Å². The largest absolute Gasteiger partial charge is 0.479 e. The Morgan fingerprint density at radius 3 is 2.42 bits per heavy atom. The van der Waals surface area contributed by atoms with Crippen molar-refractivity contribution in [3.8, 4) is 0 Å². The molecule has 0 aliphatic carbocycles. The number of aliphatic carboxylic acids is 1. The van der Waals surface area contributed by atoms with Crippen molar-refractivity contribution >= 4 is 29.2 Å². The summed E-state index contributed by atoms with van der Waals surface area (Å²) in [7, 11) is 0. The molecule has 0 aromatic rings. The van der Waals surface area contributed by atoms with Crippen molar-refractivity contribution in [1.82, 2.24) is 0 Å². The molecular formula is C6H9Cl2NO3. The highest BCUT2D eigenvalue weighted by Crippen LogP contribution is 2.14. The molecule has 0 saturated carbocycles. The minimum Gasteiger partial charge on any atom is -0.479 e. The highest BCUT2D eigenvalue weighted by Gasteiger charge is 2.15. The van der Waals surface area contributed by atoms with Crippen LogP contribution in [-0.4, -0.2) is 22.0 Å². The molecule has 0 rings (SSSR count). The second-order valence-corrected chi connectivity index (χ2v) is 3.20. The minimum atomic E-state index is -1.20. The van der Waals surface area contributed by atoms with Crippen LogP contribution in [0, 0.1) is 0 Å². The monoisotopic (exact) mass is 213 g/mol. The summed E-state index contributed by atoms with van der Waals surface area (Å²) in [6.07, 6.45) is 0.0394. The lowest BCUT2D eigenvalue weighted by Gasteiger charge is -2.06. The number of rotatable bonds is 4. The normalized spacial score (nSPS) is 14.9. The van der Waals surface area contributed by atoms with Gasteiger partial charge in [0, 0.05) is 0 Å². The van der Waals surface area contributed by atoms with Gasteiger partial charge in [-0.1, -0.05) is 0 Å². The molecule has 0 bridgehead atoms. The zero-order valence-corrected chi connectivity index (χ0v) is 7.84. The third-order valence-electron chi connectivity index (χ3n) is 1.15. The Hall–Kier alpha value is -0.290. The average Bonchev–Trinajstić information content (AvgIpc) is 1.98. The summed E-state index contributed by atoms with van der Waals surface area (Å²) in [4.78, 5) is 13.7. The molecule has 12 heavy (non-hydrogen) atoms. The van der Waals surface area contributed by atoms with Crippen LogP contribution in [0.5, 0.6) is 0 Å². The van der Waals surface area contributed by atoms with Crippen molar-refractivity contribution in [3.63, 3.8) is 0 Å². The molecule has 0 aromatic carbocycles. The second kappa shape index (κ2) is 5.37. The van der Waals surface area contributed by atoms with Crippen molar-refractivity contribution in [2.45, 2.75) is 17.9 Å². The number of carboxylic acids is 1. The number of hydrogen-bond acceptors (Lipinski definition) is 3. The molecule has 0 aliphatic heterocycles. The van der Waals surface area contributed by atoms with Gasteiger partial charge in [0.1, 0.15) is 4.84 Å². The molecule has 1 atom stereocenters. The number of carboxylic acid groups (broad SMARTS) is 1. The van der Waals surface area contributed by atoms with E-state index in [1.165, 1.54) is 6.08 Å². The number of allylic oxidation sites excluding steroid dienone is 1. The molecular weight excluding hydrogens is 205 g/mol. The fraction of sp³-hybridized carbons (Fsp3) is 0.500. The first-order valence-electron chi connectivity index (χ1n) is 3.03. The van der Waals surface area contributed by atoms with Crippen LogP contribution < -0.4 is 5.90 Å². The molecule has 4 nitrogen and oxygen atoms in total. The van der Waals surface area contributed by atoms with Crippen LogP contribution in [0.3, 0.4) is 0 Å². The molecule has 0 spiro atoms. The Labute approximate surface area is 79.8 Å². The summed E-state index contributed by atoms with van der Waals surface area (Å²) in [5, 5.41) is 8.47. The summed E-state index contributed by atoms with van der Waals surface area (Å²) in [6.45, 7) is 1.58. The van der Waals surface area contributed by atoms with Gasteiger partial charge in [0.2, 0.25) is 0 Å². The molecule has 6 heteroatoms. The van der Waals surface area contributed by atoms with Crippen LogP contribution in [0.1, 0.15) is 6.92 Å². The first-order valence-corrected chi connectivity index (χ1v) is 3.91. The van der Waals surface area contributed by atoms with Gasteiger partial charge in [-0.25, -0.2) is 10.7 Å². The molecule has 0 radical (unpaired) electrons. The van der Waals surface area contributed by atoms with Gasteiger partial charge >= 0.3 is 5.97 Å². The zero-order valence-electron chi connectivity index (χ0n) is 6.33. The molecule has 0 fully saturated rings. The third kappa shape index (κ3) is 3.92. The van der Waals surface area contributed by atoms with Crippen LogP contribution in [0.2, 0.25) is 0 Å². The molecule has 0 amide bonds. The fourth-order valence-corrected chi connectivity index (χ4v) is 0.626. The average molecular weight is 214 g/mol. The standard InChI is InChI=1S/C6H9Cl2NO3/c1-3(5(7)8)2-4(12-9)6(10)11/h2,4-5H,9H2,1H3,(H,10,11). The lowest BCUT2D eigenvalue weighted by molar-refractivity contribution is -0.147. The molecule has 70 valence electrons. The zero-order chi connectivity index (χ0) is 9.72. The predicted octanol–water partition coefficient (Wildman–Crippen LogP) is 1.08. The SMILES string of the molecule is CC(=CC(ON)C(=O)O)C(Cl)Cl. The maximum absolute atomic E-state index is 10.4. The van der Waals surface area contributed by atoms with Crippen molar-refractivity contribution in [2.75, 3.05) is 0 Å². The summed E-state index contributed by atoms with van der Waals surface area (Å²) in [5.74, 6) is 3.52. The van der Waals surface area contributed by atoms with E-state index in [9.17, 15) is 4.79 Å². The molecule has 3 N–H and O–H groups in total. The number of alkyl halides is 2. The number of carbonyl (C=O) groups is 1. The Morgan fingerprint density at radius 2 is 2.17 bits per heavy atom. The Bertz CT molecular complexity index is 193. The quantitative estimate of drug-likeness (QED) is 0.417. The number of hydrogen-bond donors (Lipinski definition) is 2. The summed E-state index contributed by atoms with van der Waals surface area (Å²) < 4.78 is 0. The third-order valence-corrected chi connectivity index (χ3v) is 1.84. The van der Waals surface area contributed by atoms with Gasteiger partial charge in [0.05, 0.1) is 0 Å². The van der Waals surface area contributed by atoms with Gasteiger partial charge in [-0.05, 0) is 18.6 Å². The van der Waals surface area contributed by atoms with Gasteiger partial charge in [0.25, 0.3) is 0 Å². The van der Waals surface area contributed by atoms with E-state index in [4.69, 9.17) is 34.2 Å². The first-order chi connectivity index (χ1) is 5.49. The lowest BCUT2D eigenvalue weighted by atomic mass is 10.2. The van der Waals surface area contributed by atoms with Crippen LogP contribution in [0.15, 0.2) is 11.6 Å². The molecule has 1 unspecified atom stereocenters. The lowest BCUT2D eigenvalue weighted by Crippen LogP contribution is -2.25. The number of halogens is 2.